The van der Waals surface area contributed by atoms with Crippen LogP contribution in [0.15, 0.2) is 30.5 Å². The highest BCUT2D eigenvalue weighted by molar-refractivity contribution is 5.99. The van der Waals surface area contributed by atoms with Crippen molar-refractivity contribution >= 4 is 22.6 Å². The summed E-state index contributed by atoms with van der Waals surface area (Å²) in [5.74, 6) is -0.391. The average molecular weight is 444 g/mol. The van der Waals surface area contributed by atoms with Gasteiger partial charge in [-0.1, -0.05) is 0 Å². The predicted octanol–water partition coefficient (Wildman–Crippen LogP) is 4.55. The van der Waals surface area contributed by atoms with Crippen molar-refractivity contribution < 1.29 is 22.7 Å². The smallest absolute Gasteiger partial charge is 0.406 e. The number of carbonyl (C=O) groups is 1. The van der Waals surface area contributed by atoms with Crippen LogP contribution in [0.1, 0.15) is 52.4 Å². The third kappa shape index (κ3) is 3.76. The van der Waals surface area contributed by atoms with Crippen molar-refractivity contribution in [3.8, 4) is 5.75 Å². The van der Waals surface area contributed by atoms with Crippen LogP contribution in [0.5, 0.6) is 5.75 Å². The van der Waals surface area contributed by atoms with E-state index in [9.17, 15) is 18.0 Å². The van der Waals surface area contributed by atoms with E-state index >= 15 is 0 Å². The van der Waals surface area contributed by atoms with E-state index in [-0.39, 0.29) is 17.2 Å². The quantitative estimate of drug-likeness (QED) is 0.581. The highest BCUT2D eigenvalue weighted by Crippen LogP contribution is 2.38. The van der Waals surface area contributed by atoms with E-state index in [1.165, 1.54) is 28.3 Å². The molecule has 2 aromatic heterocycles. The number of benzene rings is 1. The van der Waals surface area contributed by atoms with E-state index < -0.39 is 12.1 Å². The van der Waals surface area contributed by atoms with Gasteiger partial charge in [-0.15, -0.1) is 13.2 Å². The number of fused-ring (bicyclic) bond motifs is 3. The average Bonchev–Trinajstić information content (AvgIpc) is 3.33. The number of aryl methyl sites for hydroxylation is 2. The monoisotopic (exact) mass is 444 g/mol. The summed E-state index contributed by atoms with van der Waals surface area (Å²) in [6.45, 7) is 1.11. The molecular weight excluding hydrogens is 421 g/mol. The lowest BCUT2D eigenvalue weighted by atomic mass is 9.87. The number of nitrogens with zero attached hydrogens (tertiary/aromatic N) is 2. The lowest BCUT2D eigenvalue weighted by molar-refractivity contribution is -0.274. The SMILES string of the molecule is Nc1cc(OC(F)(F)F)ccc1C(=O)N1CCC(c2ccnc3[nH]c4c(c23)CCC4)CC1. The number of amides is 1. The number of piperidine rings is 1. The molecule has 1 aliphatic heterocycles. The lowest BCUT2D eigenvalue weighted by Gasteiger charge is -2.33. The summed E-state index contributed by atoms with van der Waals surface area (Å²) in [5, 5.41) is 1.24. The number of anilines is 1. The van der Waals surface area contributed by atoms with Crippen LogP contribution in [0, 0.1) is 0 Å². The lowest BCUT2D eigenvalue weighted by Crippen LogP contribution is -2.38. The van der Waals surface area contributed by atoms with Crippen LogP contribution >= 0.6 is 0 Å². The van der Waals surface area contributed by atoms with Crippen LogP contribution in [0.25, 0.3) is 11.0 Å². The summed E-state index contributed by atoms with van der Waals surface area (Å²) in [7, 11) is 0. The maximum Gasteiger partial charge on any atom is 0.573 e. The van der Waals surface area contributed by atoms with Gasteiger partial charge in [-0.05, 0) is 67.3 Å². The van der Waals surface area contributed by atoms with Gasteiger partial charge in [0.2, 0.25) is 0 Å². The Bertz CT molecular complexity index is 1180. The molecule has 1 amide bonds. The Labute approximate surface area is 182 Å². The first-order valence-electron chi connectivity index (χ1n) is 10.7. The number of pyridine rings is 1. The molecule has 0 radical (unpaired) electrons. The van der Waals surface area contributed by atoms with E-state index in [1.807, 2.05) is 6.20 Å². The van der Waals surface area contributed by atoms with Gasteiger partial charge in [0.1, 0.15) is 11.4 Å². The van der Waals surface area contributed by atoms with E-state index in [4.69, 9.17) is 5.73 Å². The molecule has 3 aromatic rings. The zero-order valence-corrected chi connectivity index (χ0v) is 17.3. The van der Waals surface area contributed by atoms with Crippen LogP contribution in [0.2, 0.25) is 0 Å². The number of nitrogen functional groups attached to an aromatic ring is 1. The van der Waals surface area contributed by atoms with Crippen molar-refractivity contribution in [3.05, 3.63) is 52.8 Å². The molecule has 1 aromatic carbocycles. The third-order valence-corrected chi connectivity index (χ3v) is 6.48. The molecule has 3 heterocycles. The summed E-state index contributed by atoms with van der Waals surface area (Å²) in [4.78, 5) is 22.6. The minimum Gasteiger partial charge on any atom is -0.406 e. The molecule has 1 saturated heterocycles. The van der Waals surface area contributed by atoms with Gasteiger partial charge in [0.15, 0.2) is 0 Å². The number of hydrogen-bond donors (Lipinski definition) is 2. The van der Waals surface area contributed by atoms with Gasteiger partial charge >= 0.3 is 6.36 Å². The number of halogens is 3. The van der Waals surface area contributed by atoms with Crippen LogP contribution in [0.4, 0.5) is 18.9 Å². The largest absolute Gasteiger partial charge is 0.573 e. The van der Waals surface area contributed by atoms with Gasteiger partial charge in [0.25, 0.3) is 5.91 Å². The molecule has 0 unspecified atom stereocenters. The third-order valence-electron chi connectivity index (χ3n) is 6.48. The Kier molecular flexibility index (Phi) is 4.98. The number of nitrogens with one attached hydrogen (secondary N) is 1. The fourth-order valence-corrected chi connectivity index (χ4v) is 5.03. The molecule has 0 bridgehead atoms. The fourth-order valence-electron chi connectivity index (χ4n) is 5.03. The summed E-state index contributed by atoms with van der Waals surface area (Å²) < 4.78 is 41.1. The molecule has 6 nitrogen and oxygen atoms in total. The second kappa shape index (κ2) is 7.72. The molecule has 0 atom stereocenters. The Morgan fingerprint density at radius 3 is 2.69 bits per heavy atom. The van der Waals surface area contributed by atoms with Crippen molar-refractivity contribution in [1.82, 2.24) is 14.9 Å². The number of H-pyrrole nitrogens is 1. The van der Waals surface area contributed by atoms with E-state index in [0.29, 0.717) is 19.0 Å². The Hall–Kier alpha value is -3.23. The summed E-state index contributed by atoms with van der Waals surface area (Å²) in [6, 6.07) is 5.53. The second-order valence-electron chi connectivity index (χ2n) is 8.42. The first kappa shape index (κ1) is 20.7. The number of hydrogen-bond acceptors (Lipinski definition) is 4. The Morgan fingerprint density at radius 1 is 1.19 bits per heavy atom. The van der Waals surface area contributed by atoms with Crippen LogP contribution in [0.3, 0.4) is 0 Å². The normalized spacial score (nSPS) is 17.0. The molecule has 0 spiro atoms. The maximum atomic E-state index is 13.0. The highest BCUT2D eigenvalue weighted by atomic mass is 19.4. The van der Waals surface area contributed by atoms with Gasteiger partial charge < -0.3 is 20.4 Å². The number of aromatic amines is 1. The topological polar surface area (TPSA) is 84.2 Å². The Morgan fingerprint density at radius 2 is 1.97 bits per heavy atom. The molecule has 32 heavy (non-hydrogen) atoms. The van der Waals surface area contributed by atoms with Gasteiger partial charge in [-0.25, -0.2) is 4.98 Å². The molecule has 168 valence electrons. The van der Waals surface area contributed by atoms with E-state index in [0.717, 1.165) is 49.9 Å². The molecule has 9 heteroatoms. The summed E-state index contributed by atoms with van der Waals surface area (Å²) >= 11 is 0. The predicted molar refractivity (Wildman–Crippen MR) is 114 cm³/mol. The van der Waals surface area contributed by atoms with Crippen molar-refractivity contribution in [2.45, 2.75) is 44.4 Å². The van der Waals surface area contributed by atoms with Gasteiger partial charge in [0.05, 0.1) is 5.56 Å². The number of ether oxygens (including phenoxy) is 1. The fraction of sp³-hybridized carbons (Fsp3) is 0.391. The zero-order chi connectivity index (χ0) is 22.5. The highest BCUT2D eigenvalue weighted by Gasteiger charge is 2.32. The van der Waals surface area contributed by atoms with E-state index in [1.54, 1.807) is 4.90 Å². The van der Waals surface area contributed by atoms with Crippen LogP contribution in [-0.4, -0.2) is 40.2 Å². The molecule has 1 aliphatic carbocycles. The Balaban J connectivity index is 1.30. The minimum absolute atomic E-state index is 0.0300. The van der Waals surface area contributed by atoms with Crippen molar-refractivity contribution in [2.24, 2.45) is 0 Å². The van der Waals surface area contributed by atoms with E-state index in [2.05, 4.69) is 20.8 Å². The molecule has 5 rings (SSSR count). The van der Waals surface area contributed by atoms with Crippen molar-refractivity contribution in [1.29, 1.82) is 0 Å². The maximum absolute atomic E-state index is 13.0. The van der Waals surface area contributed by atoms with Gasteiger partial charge in [-0.2, -0.15) is 0 Å². The summed E-state index contributed by atoms with van der Waals surface area (Å²) in [6.07, 6.45) is 1.93. The number of aromatic nitrogens is 2. The number of likely N-dealkylation sites (tertiary alicyclic amines) is 1. The molecule has 2 aliphatic rings. The van der Waals surface area contributed by atoms with Crippen molar-refractivity contribution in [2.75, 3.05) is 18.8 Å². The standard InChI is InChI=1S/C23H23F3N4O2/c24-23(25,26)32-14-4-5-16(18(27)12-14)22(31)30-10-7-13(8-11-30)15-6-9-28-21-20(15)17-2-1-3-19(17)29-21/h4-6,9,12-13H,1-3,7-8,10-11,27H2,(H,28,29). The molecular formula is C23H23F3N4O2. The molecule has 1 fully saturated rings. The number of alkyl halides is 3. The first-order valence-corrected chi connectivity index (χ1v) is 10.7. The van der Waals surface area contributed by atoms with Crippen molar-refractivity contribution in [3.63, 3.8) is 0 Å². The molecule has 3 N–H and O–H groups in total. The number of rotatable bonds is 3. The number of nitrogens with two attached hydrogens (primary N) is 1. The molecule has 0 saturated carbocycles. The number of carbonyl (C=O) groups excluding carboxylic acids is 1. The van der Waals surface area contributed by atoms with Crippen LogP contribution in [-0.2, 0) is 12.8 Å². The summed E-state index contributed by atoms with van der Waals surface area (Å²) in [5.41, 5.74) is 10.9. The minimum atomic E-state index is -4.81. The zero-order valence-electron chi connectivity index (χ0n) is 17.3. The van der Waals surface area contributed by atoms with Gasteiger partial charge in [0, 0.05) is 42.1 Å². The second-order valence-corrected chi connectivity index (χ2v) is 8.42. The van der Waals surface area contributed by atoms with Crippen LogP contribution < -0.4 is 10.5 Å². The van der Waals surface area contributed by atoms with Gasteiger partial charge in [-0.3, -0.25) is 4.79 Å². The first-order chi connectivity index (χ1) is 15.3.